The van der Waals surface area contributed by atoms with Crippen LogP contribution in [0.2, 0.25) is 0 Å². The number of nitrogens with zero attached hydrogens (tertiary/aromatic N) is 1. The highest BCUT2D eigenvalue weighted by Gasteiger charge is 2.12. The van der Waals surface area contributed by atoms with Crippen molar-refractivity contribution < 1.29 is 13.9 Å². The Morgan fingerprint density at radius 1 is 1.28 bits per heavy atom. The van der Waals surface area contributed by atoms with Gasteiger partial charge in [0.05, 0.1) is 19.0 Å². The van der Waals surface area contributed by atoms with Gasteiger partial charge in [-0.25, -0.2) is 4.39 Å². The number of benzene rings is 1. The third-order valence-electron chi connectivity index (χ3n) is 2.47. The van der Waals surface area contributed by atoms with Gasteiger partial charge in [-0.1, -0.05) is 0 Å². The zero-order valence-corrected chi connectivity index (χ0v) is 9.68. The van der Waals surface area contributed by atoms with Gasteiger partial charge in [0.15, 0.2) is 5.78 Å². The van der Waals surface area contributed by atoms with Crippen LogP contribution in [0.15, 0.2) is 36.7 Å². The van der Waals surface area contributed by atoms with Crippen molar-refractivity contribution in [3.8, 4) is 5.75 Å². The molecule has 0 saturated heterocycles. The molecule has 92 valence electrons. The smallest absolute Gasteiger partial charge is 0.194 e. The second-order valence-electron chi connectivity index (χ2n) is 3.68. The number of aromatic nitrogens is 1. The first-order chi connectivity index (χ1) is 8.61. The van der Waals surface area contributed by atoms with Crippen LogP contribution in [0.4, 0.5) is 10.1 Å². The minimum atomic E-state index is -0.614. The van der Waals surface area contributed by atoms with Crippen LogP contribution in [-0.2, 0) is 0 Å². The Balaban J connectivity index is 2.38. The second kappa shape index (κ2) is 4.83. The maximum Gasteiger partial charge on any atom is 0.194 e. The zero-order chi connectivity index (χ0) is 13.1. The number of pyridine rings is 1. The standard InChI is InChI=1S/C13H11FN2O2/c1-18-10-4-9(6-16-7-10)13(17)8-2-3-12(15)11(14)5-8/h2-7H,15H2,1H3. The van der Waals surface area contributed by atoms with Gasteiger partial charge in [0.25, 0.3) is 0 Å². The number of rotatable bonds is 3. The Kier molecular flexibility index (Phi) is 3.23. The molecular formula is C13H11FN2O2. The molecule has 1 heterocycles. The van der Waals surface area contributed by atoms with E-state index in [1.807, 2.05) is 0 Å². The van der Waals surface area contributed by atoms with Gasteiger partial charge in [0.1, 0.15) is 11.6 Å². The summed E-state index contributed by atoms with van der Waals surface area (Å²) < 4.78 is 18.3. The monoisotopic (exact) mass is 246 g/mol. The number of ether oxygens (including phenoxy) is 1. The number of nitrogens with two attached hydrogens (primary N) is 1. The predicted molar refractivity (Wildman–Crippen MR) is 65.0 cm³/mol. The van der Waals surface area contributed by atoms with E-state index < -0.39 is 5.82 Å². The van der Waals surface area contributed by atoms with Crippen molar-refractivity contribution >= 4 is 11.5 Å². The fourth-order valence-electron chi connectivity index (χ4n) is 1.49. The Labute approximate surface area is 103 Å². The molecule has 0 aliphatic carbocycles. The maximum atomic E-state index is 13.3. The lowest BCUT2D eigenvalue weighted by molar-refractivity contribution is 0.103. The van der Waals surface area contributed by atoms with Crippen molar-refractivity contribution in [2.75, 3.05) is 12.8 Å². The number of nitrogen functional groups attached to an aromatic ring is 1. The van der Waals surface area contributed by atoms with E-state index in [-0.39, 0.29) is 17.0 Å². The number of ketones is 1. The van der Waals surface area contributed by atoms with Crippen LogP contribution < -0.4 is 10.5 Å². The number of hydrogen-bond donors (Lipinski definition) is 1. The van der Waals surface area contributed by atoms with Gasteiger partial charge in [-0.2, -0.15) is 0 Å². The lowest BCUT2D eigenvalue weighted by Crippen LogP contribution is -2.04. The summed E-state index contributed by atoms with van der Waals surface area (Å²) in [5.74, 6) is -0.478. The fraction of sp³-hybridized carbons (Fsp3) is 0.0769. The van der Waals surface area contributed by atoms with Crippen LogP contribution in [0.1, 0.15) is 15.9 Å². The summed E-state index contributed by atoms with van der Waals surface area (Å²) in [6.45, 7) is 0. The molecule has 0 radical (unpaired) electrons. The van der Waals surface area contributed by atoms with Crippen LogP contribution in [0.3, 0.4) is 0 Å². The van der Waals surface area contributed by atoms with E-state index in [9.17, 15) is 9.18 Å². The van der Waals surface area contributed by atoms with E-state index in [0.717, 1.165) is 6.07 Å². The third kappa shape index (κ3) is 2.29. The van der Waals surface area contributed by atoms with Crippen molar-refractivity contribution in [1.29, 1.82) is 0 Å². The van der Waals surface area contributed by atoms with Crippen LogP contribution in [0.5, 0.6) is 5.75 Å². The van der Waals surface area contributed by atoms with Gasteiger partial charge in [-0.3, -0.25) is 9.78 Å². The largest absolute Gasteiger partial charge is 0.495 e. The molecule has 4 nitrogen and oxygen atoms in total. The highest BCUT2D eigenvalue weighted by atomic mass is 19.1. The van der Waals surface area contributed by atoms with E-state index >= 15 is 0 Å². The minimum absolute atomic E-state index is 0.00955. The Morgan fingerprint density at radius 2 is 2.06 bits per heavy atom. The molecule has 0 unspecified atom stereocenters. The summed E-state index contributed by atoms with van der Waals surface area (Å²) in [6, 6.07) is 5.48. The number of carbonyl (C=O) groups excluding carboxylic acids is 1. The molecule has 2 aromatic rings. The van der Waals surface area contributed by atoms with Gasteiger partial charge in [-0.05, 0) is 24.3 Å². The summed E-state index contributed by atoms with van der Waals surface area (Å²) in [5.41, 5.74) is 5.92. The summed E-state index contributed by atoms with van der Waals surface area (Å²) in [5, 5.41) is 0. The van der Waals surface area contributed by atoms with Crippen LogP contribution in [-0.4, -0.2) is 17.9 Å². The van der Waals surface area contributed by atoms with Crippen LogP contribution >= 0.6 is 0 Å². The molecule has 0 spiro atoms. The molecule has 1 aromatic carbocycles. The summed E-state index contributed by atoms with van der Waals surface area (Å²) in [4.78, 5) is 16.0. The molecule has 0 aliphatic heterocycles. The van der Waals surface area contributed by atoms with E-state index in [4.69, 9.17) is 10.5 Å². The van der Waals surface area contributed by atoms with Crippen LogP contribution in [0.25, 0.3) is 0 Å². The molecule has 0 fully saturated rings. The Hall–Kier alpha value is -2.43. The first-order valence-corrected chi connectivity index (χ1v) is 5.20. The molecule has 2 N–H and O–H groups in total. The molecule has 0 aliphatic rings. The second-order valence-corrected chi connectivity index (χ2v) is 3.68. The first-order valence-electron chi connectivity index (χ1n) is 5.20. The van der Waals surface area contributed by atoms with Crippen molar-refractivity contribution in [2.45, 2.75) is 0 Å². The molecule has 0 atom stereocenters. The average Bonchev–Trinajstić information content (AvgIpc) is 2.41. The molecule has 2 rings (SSSR count). The fourth-order valence-corrected chi connectivity index (χ4v) is 1.49. The van der Waals surface area contributed by atoms with Gasteiger partial charge < -0.3 is 10.5 Å². The SMILES string of the molecule is COc1cncc(C(=O)c2ccc(N)c(F)c2)c1. The number of methoxy groups -OCH3 is 1. The topological polar surface area (TPSA) is 65.2 Å². The molecule has 0 amide bonds. The average molecular weight is 246 g/mol. The molecule has 5 heteroatoms. The highest BCUT2D eigenvalue weighted by molar-refractivity contribution is 6.09. The van der Waals surface area contributed by atoms with Crippen molar-refractivity contribution in [3.63, 3.8) is 0 Å². The zero-order valence-electron chi connectivity index (χ0n) is 9.68. The predicted octanol–water partition coefficient (Wildman–Crippen LogP) is 2.04. The van der Waals surface area contributed by atoms with E-state index in [1.54, 1.807) is 6.07 Å². The normalized spacial score (nSPS) is 10.1. The van der Waals surface area contributed by atoms with E-state index in [0.29, 0.717) is 11.3 Å². The Bertz CT molecular complexity index is 599. The first kappa shape index (κ1) is 12.0. The van der Waals surface area contributed by atoms with Crippen molar-refractivity contribution in [2.24, 2.45) is 0 Å². The molecular weight excluding hydrogens is 235 g/mol. The highest BCUT2D eigenvalue weighted by Crippen LogP contribution is 2.17. The summed E-state index contributed by atoms with van der Waals surface area (Å²) in [7, 11) is 1.48. The van der Waals surface area contributed by atoms with Crippen molar-refractivity contribution in [3.05, 3.63) is 53.6 Å². The quantitative estimate of drug-likeness (QED) is 0.664. The third-order valence-corrected chi connectivity index (χ3v) is 2.47. The molecule has 0 bridgehead atoms. The lowest BCUT2D eigenvalue weighted by Gasteiger charge is -2.04. The lowest BCUT2D eigenvalue weighted by atomic mass is 10.0. The summed E-state index contributed by atoms with van der Waals surface area (Å²) >= 11 is 0. The number of carbonyl (C=O) groups is 1. The maximum absolute atomic E-state index is 13.3. The van der Waals surface area contributed by atoms with Gasteiger partial charge in [0, 0.05) is 17.3 Å². The molecule has 0 saturated carbocycles. The summed E-state index contributed by atoms with van der Waals surface area (Å²) in [6.07, 6.45) is 2.89. The number of halogens is 1. The van der Waals surface area contributed by atoms with Gasteiger partial charge in [-0.15, -0.1) is 0 Å². The van der Waals surface area contributed by atoms with Crippen LogP contribution in [0, 0.1) is 5.82 Å². The number of hydrogen-bond acceptors (Lipinski definition) is 4. The van der Waals surface area contributed by atoms with Crippen molar-refractivity contribution in [1.82, 2.24) is 4.98 Å². The number of anilines is 1. The van der Waals surface area contributed by atoms with Gasteiger partial charge >= 0.3 is 0 Å². The van der Waals surface area contributed by atoms with E-state index in [2.05, 4.69) is 4.98 Å². The molecule has 18 heavy (non-hydrogen) atoms. The van der Waals surface area contributed by atoms with Gasteiger partial charge in [0.2, 0.25) is 0 Å². The molecule has 1 aromatic heterocycles. The Morgan fingerprint density at radius 3 is 2.72 bits per heavy atom. The minimum Gasteiger partial charge on any atom is -0.495 e. The van der Waals surface area contributed by atoms with E-state index in [1.165, 1.54) is 31.6 Å².